The molecular weight excluding hydrogens is 450 g/mol. The van der Waals surface area contributed by atoms with Gasteiger partial charge in [0.2, 0.25) is 0 Å². The van der Waals surface area contributed by atoms with E-state index in [1.54, 1.807) is 35.3 Å². The first-order valence-corrected chi connectivity index (χ1v) is 12.2. The Morgan fingerprint density at radius 2 is 1.94 bits per heavy atom. The van der Waals surface area contributed by atoms with Crippen LogP contribution in [0.15, 0.2) is 67.1 Å². The number of nitrogens with one attached hydrogen (secondary N) is 1. The number of thioether (sulfide) groups is 1. The van der Waals surface area contributed by atoms with E-state index in [1.165, 1.54) is 17.8 Å². The number of amides is 1. The van der Waals surface area contributed by atoms with Gasteiger partial charge in [-0.2, -0.15) is 11.8 Å². The number of nitrogens with zero attached hydrogens (tertiary/aromatic N) is 2. The summed E-state index contributed by atoms with van der Waals surface area (Å²) in [6.45, 7) is 0. The zero-order valence-electron chi connectivity index (χ0n) is 19.1. The predicted octanol–water partition coefficient (Wildman–Crippen LogP) is 3.85. The zero-order chi connectivity index (χ0) is 24.5. The maximum Gasteiger partial charge on any atom is 0.326 e. The summed E-state index contributed by atoms with van der Waals surface area (Å²) in [4.78, 5) is 41.1. The van der Waals surface area contributed by atoms with Gasteiger partial charge >= 0.3 is 5.97 Å². The van der Waals surface area contributed by atoms with E-state index < -0.39 is 17.9 Å². The van der Waals surface area contributed by atoms with E-state index in [2.05, 4.69) is 10.3 Å². The minimum Gasteiger partial charge on any atom is -0.480 e. The molecule has 0 saturated heterocycles. The van der Waals surface area contributed by atoms with Gasteiger partial charge in [0.15, 0.2) is 5.78 Å². The number of aliphatic carboxylic acids is 1. The summed E-state index contributed by atoms with van der Waals surface area (Å²) in [5.41, 5.74) is 3.30. The topological polar surface area (TPSA) is 101 Å². The van der Waals surface area contributed by atoms with E-state index in [0.29, 0.717) is 29.0 Å². The smallest absolute Gasteiger partial charge is 0.326 e. The maximum atomic E-state index is 13.0. The minimum atomic E-state index is -1.06. The summed E-state index contributed by atoms with van der Waals surface area (Å²) < 4.78 is 1.79. The highest BCUT2D eigenvalue weighted by Gasteiger charge is 2.22. The van der Waals surface area contributed by atoms with E-state index in [-0.39, 0.29) is 12.2 Å². The van der Waals surface area contributed by atoms with Crippen LogP contribution in [0, 0.1) is 0 Å². The van der Waals surface area contributed by atoms with Crippen molar-refractivity contribution in [2.24, 2.45) is 7.05 Å². The van der Waals surface area contributed by atoms with Gasteiger partial charge in [-0.05, 0) is 53.3 Å². The van der Waals surface area contributed by atoms with Crippen molar-refractivity contribution in [1.82, 2.24) is 14.9 Å². The summed E-state index contributed by atoms with van der Waals surface area (Å²) in [5.74, 6) is -0.970. The number of hydrogen-bond donors (Lipinski definition) is 2. The quantitative estimate of drug-likeness (QED) is 0.407. The number of carbonyl (C=O) groups is 3. The van der Waals surface area contributed by atoms with Crippen LogP contribution in [-0.2, 0) is 23.1 Å². The molecule has 1 amide bonds. The number of carboxylic acids is 1. The summed E-state index contributed by atoms with van der Waals surface area (Å²) in [5, 5.41) is 12.1. The molecule has 34 heavy (non-hydrogen) atoms. The second-order valence-electron chi connectivity index (χ2n) is 7.82. The maximum absolute atomic E-state index is 13.0. The molecule has 0 fully saturated rings. The number of hydrogen-bond acceptors (Lipinski definition) is 5. The van der Waals surface area contributed by atoms with Crippen molar-refractivity contribution in [2.45, 2.75) is 18.9 Å². The standard InChI is InChI=1S/C26H27N3O4S/c1-29-16-20(27-17-29)15-21(30)10-8-18-9-11-22(23(14-18)19-6-4-3-5-7-19)25(31)28-24(26(32)33)12-13-34-2/h3-11,14,16-17,24H,12-13,15H2,1-2H3,(H,28,31)(H,32,33)/t24-/m0/s1. The van der Waals surface area contributed by atoms with Crippen molar-refractivity contribution >= 4 is 35.5 Å². The van der Waals surface area contributed by atoms with Crippen LogP contribution in [0.1, 0.15) is 28.0 Å². The van der Waals surface area contributed by atoms with E-state index in [4.69, 9.17) is 0 Å². The molecule has 176 valence electrons. The van der Waals surface area contributed by atoms with Crippen LogP contribution < -0.4 is 5.32 Å². The van der Waals surface area contributed by atoms with Crippen molar-refractivity contribution in [1.29, 1.82) is 0 Å². The number of imidazole rings is 1. The first kappa shape index (κ1) is 25.0. The monoisotopic (exact) mass is 477 g/mol. The number of aromatic nitrogens is 2. The first-order valence-electron chi connectivity index (χ1n) is 10.8. The van der Waals surface area contributed by atoms with Gasteiger partial charge in [-0.25, -0.2) is 9.78 Å². The third-order valence-corrected chi connectivity index (χ3v) is 5.81. The molecule has 0 spiro atoms. The second kappa shape index (κ2) is 12.0. The molecule has 0 bridgehead atoms. The Balaban J connectivity index is 1.85. The zero-order valence-corrected chi connectivity index (χ0v) is 19.9. The van der Waals surface area contributed by atoms with E-state index in [1.807, 2.05) is 49.7 Å². The van der Waals surface area contributed by atoms with Crippen molar-refractivity contribution in [3.63, 3.8) is 0 Å². The Morgan fingerprint density at radius 1 is 1.18 bits per heavy atom. The fraction of sp³-hybridized carbons (Fsp3) is 0.231. The molecule has 0 unspecified atom stereocenters. The van der Waals surface area contributed by atoms with Gasteiger partial charge in [-0.3, -0.25) is 9.59 Å². The fourth-order valence-electron chi connectivity index (χ4n) is 3.43. The average molecular weight is 478 g/mol. The third kappa shape index (κ3) is 6.92. The van der Waals surface area contributed by atoms with Crippen LogP contribution in [-0.4, -0.2) is 50.4 Å². The fourth-order valence-corrected chi connectivity index (χ4v) is 3.91. The van der Waals surface area contributed by atoms with Gasteiger partial charge in [-0.15, -0.1) is 0 Å². The summed E-state index contributed by atoms with van der Waals surface area (Å²) >= 11 is 1.53. The van der Waals surface area contributed by atoms with Crippen molar-refractivity contribution < 1.29 is 19.5 Å². The van der Waals surface area contributed by atoms with Crippen LogP contribution in [0.4, 0.5) is 0 Å². The highest BCUT2D eigenvalue weighted by atomic mass is 32.2. The molecule has 0 aliphatic rings. The van der Waals surface area contributed by atoms with Crippen molar-refractivity contribution in [3.05, 3.63) is 84.0 Å². The molecule has 0 radical (unpaired) electrons. The normalized spacial score (nSPS) is 11.9. The second-order valence-corrected chi connectivity index (χ2v) is 8.81. The number of rotatable bonds is 11. The van der Waals surface area contributed by atoms with Gasteiger partial charge in [0, 0.05) is 18.8 Å². The number of ketones is 1. The molecule has 8 heteroatoms. The van der Waals surface area contributed by atoms with E-state index >= 15 is 0 Å². The number of carbonyl (C=O) groups excluding carboxylic acids is 2. The van der Waals surface area contributed by atoms with Crippen LogP contribution >= 0.6 is 11.8 Å². The van der Waals surface area contributed by atoms with Gasteiger partial charge in [-0.1, -0.05) is 42.5 Å². The Kier molecular flexibility index (Phi) is 8.81. The minimum absolute atomic E-state index is 0.0834. The number of allylic oxidation sites excluding steroid dienone is 1. The Hall–Kier alpha value is -3.65. The third-order valence-electron chi connectivity index (χ3n) is 5.16. The van der Waals surface area contributed by atoms with Crippen LogP contribution in [0.25, 0.3) is 17.2 Å². The Bertz CT molecular complexity index is 1190. The lowest BCUT2D eigenvalue weighted by Gasteiger charge is -2.16. The molecule has 1 aromatic heterocycles. The summed E-state index contributed by atoms with van der Waals surface area (Å²) in [6, 6.07) is 13.6. The highest BCUT2D eigenvalue weighted by Crippen LogP contribution is 2.26. The number of aryl methyl sites for hydroxylation is 1. The molecular formula is C26H27N3O4S. The molecule has 1 atom stereocenters. The van der Waals surface area contributed by atoms with Gasteiger partial charge in [0.25, 0.3) is 5.91 Å². The summed E-state index contributed by atoms with van der Waals surface area (Å²) in [7, 11) is 1.85. The Morgan fingerprint density at radius 3 is 2.59 bits per heavy atom. The SMILES string of the molecule is CSCC[C@H](NC(=O)c1ccc(C=CC(=O)Cc2cn(C)cn2)cc1-c1ccccc1)C(=O)O. The molecule has 7 nitrogen and oxygen atoms in total. The molecule has 2 N–H and O–H groups in total. The molecule has 1 heterocycles. The molecule has 0 saturated carbocycles. The van der Waals surface area contributed by atoms with Crippen LogP contribution in [0.2, 0.25) is 0 Å². The molecule has 0 aliphatic carbocycles. The first-order chi connectivity index (χ1) is 16.4. The largest absolute Gasteiger partial charge is 0.480 e. The molecule has 3 aromatic rings. The van der Waals surface area contributed by atoms with Gasteiger partial charge in [0.1, 0.15) is 6.04 Å². The van der Waals surface area contributed by atoms with Gasteiger partial charge < -0.3 is 15.0 Å². The predicted molar refractivity (Wildman–Crippen MR) is 135 cm³/mol. The number of benzene rings is 2. The van der Waals surface area contributed by atoms with E-state index in [0.717, 1.165) is 11.1 Å². The molecule has 3 rings (SSSR count). The van der Waals surface area contributed by atoms with Crippen molar-refractivity contribution in [2.75, 3.05) is 12.0 Å². The van der Waals surface area contributed by atoms with Crippen LogP contribution in [0.3, 0.4) is 0 Å². The lowest BCUT2D eigenvalue weighted by Crippen LogP contribution is -2.41. The summed E-state index contributed by atoms with van der Waals surface area (Å²) in [6.07, 6.45) is 9.09. The average Bonchev–Trinajstić information content (AvgIpc) is 3.24. The lowest BCUT2D eigenvalue weighted by atomic mass is 9.96. The van der Waals surface area contributed by atoms with Gasteiger partial charge in [0.05, 0.1) is 18.4 Å². The van der Waals surface area contributed by atoms with E-state index in [9.17, 15) is 19.5 Å². The number of carboxylic acid groups (broad SMARTS) is 1. The van der Waals surface area contributed by atoms with Crippen LogP contribution in [0.5, 0.6) is 0 Å². The molecule has 0 aliphatic heterocycles. The lowest BCUT2D eigenvalue weighted by molar-refractivity contribution is -0.139. The highest BCUT2D eigenvalue weighted by molar-refractivity contribution is 7.98. The Labute approximate surface area is 202 Å². The van der Waals surface area contributed by atoms with Crippen molar-refractivity contribution in [3.8, 4) is 11.1 Å². The molecule has 2 aromatic carbocycles.